The highest BCUT2D eigenvalue weighted by molar-refractivity contribution is 5.54. The normalized spacial score (nSPS) is 17.3. The van der Waals surface area contributed by atoms with Gasteiger partial charge in [-0.1, -0.05) is 30.3 Å². The molecule has 140 valence electrons. The molecule has 0 aromatic heterocycles. The van der Waals surface area contributed by atoms with Crippen LogP contribution < -0.4 is 10.5 Å². The Morgan fingerprint density at radius 3 is 2.50 bits per heavy atom. The highest BCUT2D eigenvalue weighted by Gasteiger charge is 2.37. The number of rotatable bonds is 3. The van der Waals surface area contributed by atoms with Crippen molar-refractivity contribution < 1.29 is 14.8 Å². The Morgan fingerprint density at radius 2 is 1.92 bits per heavy atom. The zero-order valence-corrected chi connectivity index (χ0v) is 15.4. The van der Waals surface area contributed by atoms with E-state index in [0.717, 1.165) is 18.5 Å². The summed E-state index contributed by atoms with van der Waals surface area (Å²) in [5.74, 6) is 0.537. The monoisotopic (exact) mass is 358 g/mol. The molecule has 1 aliphatic heterocycles. The van der Waals surface area contributed by atoms with Crippen LogP contribution in [0.25, 0.3) is 0 Å². The first-order valence-electron chi connectivity index (χ1n) is 8.64. The van der Waals surface area contributed by atoms with Crippen molar-refractivity contribution in [1.82, 2.24) is 0 Å². The second kappa shape index (κ2) is 8.29. The number of aliphatic hydroxyl groups is 1. The van der Waals surface area contributed by atoms with E-state index >= 15 is 0 Å². The summed E-state index contributed by atoms with van der Waals surface area (Å²) in [7, 11) is 0. The van der Waals surface area contributed by atoms with E-state index in [1.54, 1.807) is 26.8 Å². The second-order valence-corrected chi connectivity index (χ2v) is 6.90. The molecule has 0 saturated heterocycles. The topological polar surface area (TPSA) is 98.6 Å². The summed E-state index contributed by atoms with van der Waals surface area (Å²) in [6.07, 6.45) is 0.845. The summed E-state index contributed by atoms with van der Waals surface area (Å²) >= 11 is 0. The van der Waals surface area contributed by atoms with Crippen molar-refractivity contribution in [2.45, 2.75) is 45.3 Å². The third-order valence-electron chi connectivity index (χ3n) is 4.51. The Morgan fingerprint density at radius 1 is 1.27 bits per heavy atom. The van der Waals surface area contributed by atoms with Gasteiger partial charge in [0.05, 0.1) is 16.6 Å². The lowest BCUT2D eigenvalue weighted by molar-refractivity contribution is -0.385. The highest BCUT2D eigenvalue weighted by atomic mass is 16.6. The third kappa shape index (κ3) is 4.59. The molecule has 26 heavy (non-hydrogen) atoms. The van der Waals surface area contributed by atoms with Crippen LogP contribution in [0.4, 0.5) is 5.69 Å². The predicted molar refractivity (Wildman–Crippen MR) is 101 cm³/mol. The molecular formula is C20H26N2O4. The van der Waals surface area contributed by atoms with E-state index in [1.165, 1.54) is 11.6 Å². The Hall–Kier alpha value is -2.44. The molecule has 6 nitrogen and oxygen atoms in total. The maximum absolute atomic E-state index is 10.8. The summed E-state index contributed by atoms with van der Waals surface area (Å²) in [6, 6.07) is 13.4. The maximum atomic E-state index is 10.8. The number of nitrogens with zero attached hydrogens (tertiary/aromatic N) is 1. The summed E-state index contributed by atoms with van der Waals surface area (Å²) in [5, 5.41) is 20.7. The van der Waals surface area contributed by atoms with Crippen LogP contribution >= 0.6 is 0 Å². The van der Waals surface area contributed by atoms with Crippen LogP contribution in [0.1, 0.15) is 30.5 Å². The molecule has 0 spiro atoms. The zero-order chi connectivity index (χ0) is 19.3. The highest BCUT2D eigenvalue weighted by Crippen LogP contribution is 2.39. The van der Waals surface area contributed by atoms with E-state index in [9.17, 15) is 15.2 Å². The molecule has 0 bridgehead atoms. The van der Waals surface area contributed by atoms with Crippen molar-refractivity contribution in [3.05, 3.63) is 69.3 Å². The van der Waals surface area contributed by atoms with E-state index in [2.05, 4.69) is 12.1 Å². The fourth-order valence-electron chi connectivity index (χ4n) is 2.83. The van der Waals surface area contributed by atoms with Gasteiger partial charge in [-0.15, -0.1) is 0 Å². The van der Waals surface area contributed by atoms with Gasteiger partial charge in [0, 0.05) is 12.5 Å². The molecule has 3 N–H and O–H groups in total. The smallest absolute Gasteiger partial charge is 0.276 e. The molecule has 0 amide bonds. The number of hydrogen-bond acceptors (Lipinski definition) is 5. The van der Waals surface area contributed by atoms with Gasteiger partial charge in [0.2, 0.25) is 0 Å². The lowest BCUT2D eigenvalue weighted by Crippen LogP contribution is -2.46. The number of nitro groups is 1. The van der Waals surface area contributed by atoms with Crippen LogP contribution in [0.2, 0.25) is 0 Å². The first-order chi connectivity index (χ1) is 12.3. The molecule has 0 saturated carbocycles. The molecule has 1 aliphatic rings. The molecule has 0 aliphatic carbocycles. The quantitative estimate of drug-likeness (QED) is 0.648. The lowest BCUT2D eigenvalue weighted by Gasteiger charge is -2.37. The number of fused-ring (bicyclic) bond motifs is 1. The van der Waals surface area contributed by atoms with Gasteiger partial charge in [0.25, 0.3) is 5.69 Å². The van der Waals surface area contributed by atoms with Gasteiger partial charge in [0.15, 0.2) is 0 Å². The van der Waals surface area contributed by atoms with Crippen LogP contribution in [0.15, 0.2) is 42.5 Å². The van der Waals surface area contributed by atoms with Crippen LogP contribution in [-0.4, -0.2) is 28.3 Å². The lowest BCUT2D eigenvalue weighted by atomic mass is 9.90. The van der Waals surface area contributed by atoms with E-state index < -0.39 is 16.6 Å². The van der Waals surface area contributed by atoms with Crippen LogP contribution in [0, 0.1) is 17.0 Å². The minimum atomic E-state index is -0.715. The number of nitrogens with two attached hydrogens (primary N) is 1. The fraction of sp³-hybridized carbons (Fsp3) is 0.400. The van der Waals surface area contributed by atoms with Gasteiger partial charge in [-0.05, 0) is 50.9 Å². The fourth-order valence-corrected chi connectivity index (χ4v) is 2.83. The van der Waals surface area contributed by atoms with E-state index in [-0.39, 0.29) is 5.69 Å². The van der Waals surface area contributed by atoms with Crippen LogP contribution in [0.3, 0.4) is 0 Å². The summed E-state index contributed by atoms with van der Waals surface area (Å²) in [6.45, 7) is 5.96. The molecule has 1 unspecified atom stereocenters. The Balaban J connectivity index is 0.000000228. The zero-order valence-electron chi connectivity index (χ0n) is 15.4. The largest absolute Gasteiger partial charge is 0.484 e. The van der Waals surface area contributed by atoms with Gasteiger partial charge in [-0.3, -0.25) is 10.1 Å². The predicted octanol–water partition coefficient (Wildman–Crippen LogP) is 3.17. The molecule has 2 aromatic rings. The minimum absolute atomic E-state index is 0.0518. The SMILES string of the molecule is Cc1c([N+](=O)[O-])ccc2c1OC(C)(C)C(O)C2.NCCc1ccccc1. The number of nitro benzene ring substituents is 1. The number of aliphatic hydroxyl groups excluding tert-OH is 1. The van der Waals surface area contributed by atoms with E-state index in [1.807, 2.05) is 18.2 Å². The average molecular weight is 358 g/mol. The standard InChI is InChI=1S/C12H15NO4.C8H11N/c1-7-9(13(15)16)5-4-8-6-10(14)12(2,3)17-11(7)8;9-7-6-8-4-2-1-3-5-8/h4-5,10,14H,6H2,1-3H3;1-5H,6-7,9H2. The number of benzene rings is 2. The van der Waals surface area contributed by atoms with Gasteiger partial charge in [-0.25, -0.2) is 0 Å². The summed E-state index contributed by atoms with van der Waals surface area (Å²) < 4.78 is 5.70. The van der Waals surface area contributed by atoms with Crippen molar-refractivity contribution in [2.75, 3.05) is 6.54 Å². The average Bonchev–Trinajstić information content (AvgIpc) is 2.58. The van der Waals surface area contributed by atoms with Crippen molar-refractivity contribution in [2.24, 2.45) is 5.73 Å². The summed E-state index contributed by atoms with van der Waals surface area (Å²) in [4.78, 5) is 10.4. The van der Waals surface area contributed by atoms with Crippen molar-refractivity contribution in [3.63, 3.8) is 0 Å². The van der Waals surface area contributed by atoms with Crippen molar-refractivity contribution >= 4 is 5.69 Å². The van der Waals surface area contributed by atoms with Gasteiger partial charge in [0.1, 0.15) is 11.4 Å². The summed E-state index contributed by atoms with van der Waals surface area (Å²) in [5.41, 5.74) is 7.36. The molecular weight excluding hydrogens is 332 g/mol. The molecule has 1 heterocycles. The van der Waals surface area contributed by atoms with Crippen LogP contribution in [0.5, 0.6) is 5.75 Å². The first-order valence-corrected chi connectivity index (χ1v) is 8.64. The van der Waals surface area contributed by atoms with Crippen LogP contribution in [-0.2, 0) is 12.8 Å². The second-order valence-electron chi connectivity index (χ2n) is 6.90. The minimum Gasteiger partial charge on any atom is -0.484 e. The molecule has 3 rings (SSSR count). The Labute approximate surface area is 153 Å². The number of hydrogen-bond donors (Lipinski definition) is 2. The Bertz CT molecular complexity index is 760. The Kier molecular flexibility index (Phi) is 6.34. The van der Waals surface area contributed by atoms with Crippen molar-refractivity contribution in [3.8, 4) is 5.75 Å². The molecule has 6 heteroatoms. The van der Waals surface area contributed by atoms with Gasteiger partial charge >= 0.3 is 0 Å². The maximum Gasteiger partial charge on any atom is 0.276 e. The van der Waals surface area contributed by atoms with Gasteiger partial charge in [-0.2, -0.15) is 0 Å². The molecule has 2 aromatic carbocycles. The van der Waals surface area contributed by atoms with Crippen molar-refractivity contribution in [1.29, 1.82) is 0 Å². The molecule has 0 radical (unpaired) electrons. The van der Waals surface area contributed by atoms with E-state index in [4.69, 9.17) is 10.5 Å². The van der Waals surface area contributed by atoms with E-state index in [0.29, 0.717) is 17.7 Å². The van der Waals surface area contributed by atoms with Gasteiger partial charge < -0.3 is 15.6 Å². The third-order valence-corrected chi connectivity index (χ3v) is 4.51. The first kappa shape index (κ1) is 19.9. The number of ether oxygens (including phenoxy) is 1. The molecule has 1 atom stereocenters. The molecule has 0 fully saturated rings.